The van der Waals surface area contributed by atoms with Crippen LogP contribution in [0.2, 0.25) is 0 Å². The third-order valence-corrected chi connectivity index (χ3v) is 3.61. The zero-order valence-electron chi connectivity index (χ0n) is 13.8. The molecule has 1 aromatic heterocycles. The maximum absolute atomic E-state index is 12.6. The maximum atomic E-state index is 12.6. The molecule has 5 heteroatoms. The SMILES string of the molecule is COc1ccc(-c2ocnc2C(=O)Nc2cc(C)cc(C)c2)cc1. The number of rotatable bonds is 4. The van der Waals surface area contributed by atoms with Crippen molar-refractivity contribution in [2.75, 3.05) is 12.4 Å². The predicted molar refractivity (Wildman–Crippen MR) is 92.4 cm³/mol. The predicted octanol–water partition coefficient (Wildman–Crippen LogP) is 4.22. The minimum Gasteiger partial charge on any atom is -0.497 e. The van der Waals surface area contributed by atoms with Gasteiger partial charge in [-0.05, 0) is 61.4 Å². The van der Waals surface area contributed by atoms with Crippen LogP contribution in [0, 0.1) is 13.8 Å². The molecule has 122 valence electrons. The molecular formula is C19H18N2O3. The molecule has 1 N–H and O–H groups in total. The van der Waals surface area contributed by atoms with Crippen molar-refractivity contribution in [3.8, 4) is 17.1 Å². The molecule has 0 atom stereocenters. The van der Waals surface area contributed by atoms with Gasteiger partial charge in [-0.1, -0.05) is 6.07 Å². The molecule has 0 unspecified atom stereocenters. The Balaban J connectivity index is 1.87. The highest BCUT2D eigenvalue weighted by molar-refractivity contribution is 6.06. The van der Waals surface area contributed by atoms with Gasteiger partial charge in [-0.2, -0.15) is 0 Å². The van der Waals surface area contributed by atoms with Gasteiger partial charge in [0.1, 0.15) is 5.75 Å². The van der Waals surface area contributed by atoms with E-state index in [1.165, 1.54) is 6.39 Å². The zero-order valence-corrected chi connectivity index (χ0v) is 13.8. The number of anilines is 1. The number of carbonyl (C=O) groups excluding carboxylic acids is 1. The molecule has 0 saturated carbocycles. The fourth-order valence-electron chi connectivity index (χ4n) is 2.59. The molecule has 0 aliphatic rings. The average molecular weight is 322 g/mol. The number of ether oxygens (including phenoxy) is 1. The van der Waals surface area contributed by atoms with E-state index >= 15 is 0 Å². The normalized spacial score (nSPS) is 10.5. The van der Waals surface area contributed by atoms with Crippen LogP contribution in [0.25, 0.3) is 11.3 Å². The van der Waals surface area contributed by atoms with Crippen LogP contribution in [0.4, 0.5) is 5.69 Å². The number of nitrogens with zero attached hydrogens (tertiary/aromatic N) is 1. The molecule has 0 fully saturated rings. The second-order valence-corrected chi connectivity index (χ2v) is 5.59. The van der Waals surface area contributed by atoms with E-state index in [0.717, 1.165) is 28.1 Å². The summed E-state index contributed by atoms with van der Waals surface area (Å²) >= 11 is 0. The number of nitrogens with one attached hydrogen (secondary N) is 1. The van der Waals surface area contributed by atoms with Crippen molar-refractivity contribution >= 4 is 11.6 Å². The van der Waals surface area contributed by atoms with E-state index in [1.54, 1.807) is 7.11 Å². The van der Waals surface area contributed by atoms with Crippen LogP contribution < -0.4 is 10.1 Å². The highest BCUT2D eigenvalue weighted by Gasteiger charge is 2.18. The van der Waals surface area contributed by atoms with Crippen LogP contribution in [0.15, 0.2) is 53.3 Å². The molecule has 0 spiro atoms. The van der Waals surface area contributed by atoms with Gasteiger partial charge in [-0.25, -0.2) is 4.98 Å². The molecule has 0 radical (unpaired) electrons. The van der Waals surface area contributed by atoms with Crippen LogP contribution in [0.3, 0.4) is 0 Å². The molecule has 5 nitrogen and oxygen atoms in total. The Labute approximate surface area is 140 Å². The highest BCUT2D eigenvalue weighted by atomic mass is 16.5. The fraction of sp³-hybridized carbons (Fsp3) is 0.158. The van der Waals surface area contributed by atoms with Crippen LogP contribution >= 0.6 is 0 Å². The van der Waals surface area contributed by atoms with Gasteiger partial charge in [0.05, 0.1) is 7.11 Å². The van der Waals surface area contributed by atoms with Crippen molar-refractivity contribution in [2.45, 2.75) is 13.8 Å². The van der Waals surface area contributed by atoms with Crippen LogP contribution in [-0.2, 0) is 0 Å². The number of oxazole rings is 1. The van der Waals surface area contributed by atoms with Crippen molar-refractivity contribution < 1.29 is 13.9 Å². The topological polar surface area (TPSA) is 64.4 Å². The smallest absolute Gasteiger partial charge is 0.278 e. The first-order chi connectivity index (χ1) is 11.6. The molecular weight excluding hydrogens is 304 g/mol. The summed E-state index contributed by atoms with van der Waals surface area (Å²) in [5, 5.41) is 2.87. The first-order valence-corrected chi connectivity index (χ1v) is 7.54. The van der Waals surface area contributed by atoms with E-state index in [-0.39, 0.29) is 11.6 Å². The molecule has 1 amide bonds. The number of amides is 1. The maximum Gasteiger partial charge on any atom is 0.278 e. The number of hydrogen-bond acceptors (Lipinski definition) is 4. The summed E-state index contributed by atoms with van der Waals surface area (Å²) in [5.74, 6) is 0.860. The van der Waals surface area contributed by atoms with Gasteiger partial charge < -0.3 is 14.5 Å². The van der Waals surface area contributed by atoms with E-state index in [2.05, 4.69) is 16.4 Å². The van der Waals surface area contributed by atoms with Crippen molar-refractivity contribution in [1.82, 2.24) is 4.98 Å². The van der Waals surface area contributed by atoms with Gasteiger partial charge in [-0.15, -0.1) is 0 Å². The standard InChI is InChI=1S/C19H18N2O3/c1-12-8-13(2)10-15(9-12)21-19(22)17-18(24-11-20-17)14-4-6-16(23-3)7-5-14/h4-11H,1-3H3,(H,21,22). The van der Waals surface area contributed by atoms with E-state index in [9.17, 15) is 4.79 Å². The Bertz CT molecular complexity index is 846. The molecule has 0 aliphatic heterocycles. The Morgan fingerprint density at radius 3 is 2.38 bits per heavy atom. The molecule has 2 aromatic carbocycles. The minimum atomic E-state index is -0.306. The first-order valence-electron chi connectivity index (χ1n) is 7.54. The lowest BCUT2D eigenvalue weighted by molar-refractivity contribution is 0.102. The van der Waals surface area contributed by atoms with Crippen LogP contribution in [-0.4, -0.2) is 18.0 Å². The summed E-state index contributed by atoms with van der Waals surface area (Å²) in [6, 6.07) is 13.2. The minimum absolute atomic E-state index is 0.249. The number of carbonyl (C=O) groups is 1. The van der Waals surface area contributed by atoms with E-state index in [1.807, 2.05) is 50.2 Å². The molecule has 0 aliphatic carbocycles. The summed E-state index contributed by atoms with van der Waals surface area (Å²) in [6.45, 7) is 3.98. The first kappa shape index (κ1) is 15.8. The van der Waals surface area contributed by atoms with Gasteiger partial charge in [-0.3, -0.25) is 4.79 Å². The van der Waals surface area contributed by atoms with Crippen LogP contribution in [0.1, 0.15) is 21.6 Å². The Morgan fingerprint density at radius 2 is 1.75 bits per heavy atom. The monoisotopic (exact) mass is 322 g/mol. The highest BCUT2D eigenvalue weighted by Crippen LogP contribution is 2.26. The number of aromatic nitrogens is 1. The Kier molecular flexibility index (Phi) is 4.33. The number of aryl methyl sites for hydroxylation is 2. The van der Waals surface area contributed by atoms with Gasteiger partial charge in [0.15, 0.2) is 17.8 Å². The van der Waals surface area contributed by atoms with Crippen molar-refractivity contribution in [3.63, 3.8) is 0 Å². The van der Waals surface area contributed by atoms with Gasteiger partial charge in [0, 0.05) is 11.3 Å². The average Bonchev–Trinajstić information content (AvgIpc) is 3.03. The zero-order chi connectivity index (χ0) is 17.1. The number of hydrogen-bond donors (Lipinski definition) is 1. The van der Waals surface area contributed by atoms with Gasteiger partial charge in [0.25, 0.3) is 5.91 Å². The molecule has 1 heterocycles. The summed E-state index contributed by atoms with van der Waals surface area (Å²) in [4.78, 5) is 16.6. The molecule has 24 heavy (non-hydrogen) atoms. The summed E-state index contributed by atoms with van der Waals surface area (Å²) in [5.41, 5.74) is 3.92. The Hall–Kier alpha value is -3.08. The van der Waals surface area contributed by atoms with E-state index in [4.69, 9.17) is 9.15 Å². The summed E-state index contributed by atoms with van der Waals surface area (Å²) in [7, 11) is 1.60. The van der Waals surface area contributed by atoms with Crippen molar-refractivity contribution in [2.24, 2.45) is 0 Å². The van der Waals surface area contributed by atoms with Crippen molar-refractivity contribution in [3.05, 3.63) is 65.7 Å². The van der Waals surface area contributed by atoms with E-state index in [0.29, 0.717) is 5.76 Å². The molecule has 3 aromatic rings. The van der Waals surface area contributed by atoms with Gasteiger partial charge >= 0.3 is 0 Å². The van der Waals surface area contributed by atoms with E-state index < -0.39 is 0 Å². The largest absolute Gasteiger partial charge is 0.497 e. The lowest BCUT2D eigenvalue weighted by Crippen LogP contribution is -2.13. The summed E-state index contributed by atoms with van der Waals surface area (Å²) in [6.07, 6.45) is 1.27. The quantitative estimate of drug-likeness (QED) is 0.781. The fourth-order valence-corrected chi connectivity index (χ4v) is 2.59. The molecule has 0 saturated heterocycles. The third kappa shape index (κ3) is 3.30. The Morgan fingerprint density at radius 1 is 1.08 bits per heavy atom. The second-order valence-electron chi connectivity index (χ2n) is 5.59. The van der Waals surface area contributed by atoms with Crippen LogP contribution in [0.5, 0.6) is 5.75 Å². The molecule has 3 rings (SSSR count). The third-order valence-electron chi connectivity index (χ3n) is 3.61. The number of methoxy groups -OCH3 is 1. The molecule has 0 bridgehead atoms. The number of benzene rings is 2. The van der Waals surface area contributed by atoms with Crippen molar-refractivity contribution in [1.29, 1.82) is 0 Å². The lowest BCUT2D eigenvalue weighted by atomic mass is 10.1. The lowest BCUT2D eigenvalue weighted by Gasteiger charge is -2.07. The van der Waals surface area contributed by atoms with Gasteiger partial charge in [0.2, 0.25) is 0 Å². The summed E-state index contributed by atoms with van der Waals surface area (Å²) < 4.78 is 10.6. The second kappa shape index (κ2) is 6.58.